The van der Waals surface area contributed by atoms with Gasteiger partial charge < -0.3 is 4.90 Å². The molecule has 0 N–H and O–H groups in total. The maximum atomic E-state index is 12.6. The van der Waals surface area contributed by atoms with Crippen LogP contribution in [-0.4, -0.2) is 23.9 Å². The molecule has 1 heterocycles. The van der Waals surface area contributed by atoms with E-state index < -0.39 is 0 Å². The van der Waals surface area contributed by atoms with Crippen LogP contribution in [0.1, 0.15) is 40.7 Å². The number of hydrogen-bond acceptors (Lipinski definition) is 1. The molecule has 0 radical (unpaired) electrons. The topological polar surface area (TPSA) is 20.3 Å². The predicted octanol–water partition coefficient (Wildman–Crippen LogP) is 3.74. The fraction of sp³-hybridized carbons (Fsp3) is 0.409. The zero-order chi connectivity index (χ0) is 16.4. The molecule has 0 spiro atoms. The van der Waals surface area contributed by atoms with E-state index in [2.05, 4.69) is 42.5 Å². The fourth-order valence-electron chi connectivity index (χ4n) is 3.92. The molecule has 2 aromatic carbocycles. The summed E-state index contributed by atoms with van der Waals surface area (Å²) in [5.41, 5.74) is 6.74. The van der Waals surface area contributed by atoms with Gasteiger partial charge in [0.2, 0.25) is 5.91 Å². The van der Waals surface area contributed by atoms with Gasteiger partial charge in [-0.2, -0.15) is 0 Å². The Morgan fingerprint density at radius 2 is 1.38 bits per heavy atom. The first-order valence-electron chi connectivity index (χ1n) is 9.24. The van der Waals surface area contributed by atoms with E-state index in [0.717, 1.165) is 51.6 Å². The lowest BCUT2D eigenvalue weighted by atomic mass is 9.92. The van der Waals surface area contributed by atoms with Gasteiger partial charge in [0.25, 0.3) is 0 Å². The summed E-state index contributed by atoms with van der Waals surface area (Å²) in [7, 11) is 0. The molecule has 2 aromatic rings. The highest BCUT2D eigenvalue weighted by atomic mass is 16.2. The van der Waals surface area contributed by atoms with Gasteiger partial charge in [-0.1, -0.05) is 42.5 Å². The Hall–Kier alpha value is -2.09. The molecule has 7 rings (SSSR count). The Morgan fingerprint density at radius 1 is 0.792 bits per heavy atom. The average molecular weight is 319 g/mol. The Morgan fingerprint density at radius 3 is 2.08 bits per heavy atom. The second kappa shape index (κ2) is 6.80. The van der Waals surface area contributed by atoms with Crippen molar-refractivity contribution >= 4 is 5.91 Å². The van der Waals surface area contributed by atoms with E-state index >= 15 is 0 Å². The van der Waals surface area contributed by atoms with Crippen molar-refractivity contribution < 1.29 is 4.79 Å². The molecule has 5 aliphatic rings. The van der Waals surface area contributed by atoms with Crippen LogP contribution in [0.25, 0.3) is 0 Å². The van der Waals surface area contributed by atoms with E-state index in [1.165, 1.54) is 27.8 Å². The van der Waals surface area contributed by atoms with Crippen LogP contribution in [0.15, 0.2) is 42.5 Å². The van der Waals surface area contributed by atoms with Gasteiger partial charge in [0, 0.05) is 13.1 Å². The SMILES string of the molecule is O=C(Cc1cc2ccc1CCc1ccc(cc1)CC2)N1CCCC1. The van der Waals surface area contributed by atoms with Crippen molar-refractivity contribution in [1.29, 1.82) is 0 Å². The van der Waals surface area contributed by atoms with E-state index in [-0.39, 0.29) is 0 Å². The van der Waals surface area contributed by atoms with Crippen molar-refractivity contribution in [3.05, 3.63) is 70.3 Å². The second-order valence-corrected chi connectivity index (χ2v) is 7.18. The fourth-order valence-corrected chi connectivity index (χ4v) is 3.92. The molecule has 1 saturated heterocycles. The molecule has 1 aliphatic heterocycles. The summed E-state index contributed by atoms with van der Waals surface area (Å²) in [6, 6.07) is 15.9. The molecule has 124 valence electrons. The molecule has 0 saturated carbocycles. The van der Waals surface area contributed by atoms with Gasteiger partial charge in [0.15, 0.2) is 0 Å². The van der Waals surface area contributed by atoms with Gasteiger partial charge in [0.1, 0.15) is 0 Å². The Bertz CT molecular complexity index is 726. The van der Waals surface area contributed by atoms with E-state index in [4.69, 9.17) is 0 Å². The van der Waals surface area contributed by atoms with Crippen molar-refractivity contribution in [1.82, 2.24) is 4.90 Å². The first-order chi connectivity index (χ1) is 11.8. The van der Waals surface area contributed by atoms with Gasteiger partial charge in [-0.05, 0) is 66.3 Å². The monoisotopic (exact) mass is 319 g/mol. The molecule has 1 fully saturated rings. The van der Waals surface area contributed by atoms with Crippen molar-refractivity contribution in [2.75, 3.05) is 13.1 Å². The number of amides is 1. The molecule has 0 atom stereocenters. The number of rotatable bonds is 2. The smallest absolute Gasteiger partial charge is 0.226 e. The molecular formula is C22H25NO. The Labute approximate surface area is 144 Å². The zero-order valence-corrected chi connectivity index (χ0v) is 14.3. The largest absolute Gasteiger partial charge is 0.342 e. The van der Waals surface area contributed by atoms with E-state index in [0.29, 0.717) is 12.3 Å². The predicted molar refractivity (Wildman–Crippen MR) is 97.2 cm³/mol. The Kier molecular flexibility index (Phi) is 4.38. The number of likely N-dealkylation sites (tertiary alicyclic amines) is 1. The number of carbonyl (C=O) groups is 1. The lowest BCUT2D eigenvalue weighted by Crippen LogP contribution is -2.29. The van der Waals surface area contributed by atoms with E-state index in [1.807, 2.05) is 4.90 Å². The summed E-state index contributed by atoms with van der Waals surface area (Å²) in [4.78, 5) is 14.6. The minimum Gasteiger partial charge on any atom is -0.342 e. The first-order valence-corrected chi connectivity index (χ1v) is 9.24. The van der Waals surface area contributed by atoms with Crippen LogP contribution in [0, 0.1) is 0 Å². The van der Waals surface area contributed by atoms with Crippen LogP contribution < -0.4 is 0 Å². The zero-order valence-electron chi connectivity index (χ0n) is 14.3. The van der Waals surface area contributed by atoms with Crippen LogP contribution in [0.2, 0.25) is 0 Å². The normalized spacial score (nSPS) is 16.9. The molecule has 1 amide bonds. The van der Waals surface area contributed by atoms with Gasteiger partial charge in [0.05, 0.1) is 6.42 Å². The summed E-state index contributed by atoms with van der Waals surface area (Å²) < 4.78 is 0. The highest BCUT2D eigenvalue weighted by molar-refractivity contribution is 5.79. The highest BCUT2D eigenvalue weighted by Crippen LogP contribution is 2.21. The standard InChI is InChI=1S/C22H25NO/c24-22(23-13-1-2-14-23)16-21-15-19-8-7-17-3-5-18(6-4-17)9-11-20(21)12-10-19/h3-6,10,12,15H,1-2,7-9,11,13-14,16H2. The van der Waals surface area contributed by atoms with Gasteiger partial charge >= 0.3 is 0 Å². The van der Waals surface area contributed by atoms with Gasteiger partial charge in [-0.15, -0.1) is 0 Å². The molecule has 0 aromatic heterocycles. The first kappa shape index (κ1) is 15.4. The lowest BCUT2D eigenvalue weighted by molar-refractivity contribution is -0.129. The number of carbonyl (C=O) groups excluding carboxylic acids is 1. The maximum absolute atomic E-state index is 12.6. The van der Waals surface area contributed by atoms with E-state index in [9.17, 15) is 4.79 Å². The average Bonchev–Trinajstić information content (AvgIpc) is 3.13. The summed E-state index contributed by atoms with van der Waals surface area (Å²) in [6.45, 7) is 1.89. The third kappa shape index (κ3) is 3.38. The summed E-state index contributed by atoms with van der Waals surface area (Å²) >= 11 is 0. The molecular weight excluding hydrogens is 294 g/mol. The minimum absolute atomic E-state index is 0.307. The molecule has 2 nitrogen and oxygen atoms in total. The van der Waals surface area contributed by atoms with E-state index in [1.54, 1.807) is 0 Å². The van der Waals surface area contributed by atoms with Crippen LogP contribution in [-0.2, 0) is 36.9 Å². The lowest BCUT2D eigenvalue weighted by Gasteiger charge is -2.18. The van der Waals surface area contributed by atoms with Crippen LogP contribution in [0.5, 0.6) is 0 Å². The van der Waals surface area contributed by atoms with Crippen molar-refractivity contribution in [2.24, 2.45) is 0 Å². The molecule has 2 heteroatoms. The van der Waals surface area contributed by atoms with Gasteiger partial charge in [-0.25, -0.2) is 0 Å². The highest BCUT2D eigenvalue weighted by Gasteiger charge is 2.19. The van der Waals surface area contributed by atoms with Gasteiger partial charge in [-0.3, -0.25) is 4.79 Å². The van der Waals surface area contributed by atoms with Crippen molar-refractivity contribution in [3.63, 3.8) is 0 Å². The van der Waals surface area contributed by atoms with Crippen LogP contribution in [0.4, 0.5) is 0 Å². The number of aryl methyl sites for hydroxylation is 4. The third-order valence-corrected chi connectivity index (χ3v) is 5.48. The number of hydrogen-bond donors (Lipinski definition) is 0. The molecule has 0 unspecified atom stereocenters. The summed E-state index contributed by atoms with van der Waals surface area (Å²) in [5, 5.41) is 0. The van der Waals surface area contributed by atoms with Crippen LogP contribution >= 0.6 is 0 Å². The second-order valence-electron chi connectivity index (χ2n) is 7.18. The Balaban J connectivity index is 1.59. The maximum Gasteiger partial charge on any atom is 0.226 e. The molecule has 24 heavy (non-hydrogen) atoms. The van der Waals surface area contributed by atoms with Crippen molar-refractivity contribution in [3.8, 4) is 0 Å². The van der Waals surface area contributed by atoms with Crippen molar-refractivity contribution in [2.45, 2.75) is 44.9 Å². The third-order valence-electron chi connectivity index (χ3n) is 5.48. The molecule has 4 bridgehead atoms. The number of nitrogens with zero attached hydrogens (tertiary/aromatic N) is 1. The van der Waals surface area contributed by atoms with Crippen LogP contribution in [0.3, 0.4) is 0 Å². The number of benzene rings is 2. The summed E-state index contributed by atoms with van der Waals surface area (Å²) in [6.07, 6.45) is 7.07. The quantitative estimate of drug-likeness (QED) is 0.826. The summed E-state index contributed by atoms with van der Waals surface area (Å²) in [5.74, 6) is 0.307. The molecule has 4 aliphatic carbocycles. The minimum atomic E-state index is 0.307.